The predicted octanol–water partition coefficient (Wildman–Crippen LogP) is 2.95. The lowest BCUT2D eigenvalue weighted by molar-refractivity contribution is 0.289. The number of hydrogen-bond donors (Lipinski definition) is 1. The maximum absolute atomic E-state index is 8.84. The van der Waals surface area contributed by atoms with E-state index in [1.54, 1.807) is 17.8 Å². The molecule has 0 saturated heterocycles. The lowest BCUT2D eigenvalue weighted by Gasteiger charge is -2.09. The molecule has 0 saturated carbocycles. The number of nitrogens with zero attached hydrogens (tertiary/aromatic N) is 2. The zero-order chi connectivity index (χ0) is 12.0. The monoisotopic (exact) mass is 260 g/mol. The van der Waals surface area contributed by atoms with Gasteiger partial charge in [0.2, 0.25) is 0 Å². The van der Waals surface area contributed by atoms with Crippen molar-refractivity contribution in [3.63, 3.8) is 0 Å². The number of aliphatic hydroxyl groups excluding tert-OH is 1. The van der Waals surface area contributed by atoms with E-state index in [1.165, 1.54) is 0 Å². The molecule has 16 heavy (non-hydrogen) atoms. The summed E-state index contributed by atoms with van der Waals surface area (Å²) in [6.07, 6.45) is 2.62. The maximum Gasteiger partial charge on any atom is 0.133 e. The van der Waals surface area contributed by atoms with Gasteiger partial charge in [-0.3, -0.25) is 0 Å². The molecule has 90 valence electrons. The van der Waals surface area contributed by atoms with E-state index >= 15 is 0 Å². The lowest BCUT2D eigenvalue weighted by Crippen LogP contribution is -2.02. The summed E-state index contributed by atoms with van der Waals surface area (Å²) in [5.41, 5.74) is 0. The lowest BCUT2D eigenvalue weighted by atomic mass is 10.3. The van der Waals surface area contributed by atoms with E-state index in [4.69, 9.17) is 16.7 Å². The van der Waals surface area contributed by atoms with Crippen LogP contribution in [0.1, 0.15) is 32.5 Å². The molecule has 1 aromatic rings. The molecule has 0 aliphatic rings. The first kappa shape index (κ1) is 13.7. The van der Waals surface area contributed by atoms with Gasteiger partial charge in [-0.2, -0.15) is 0 Å². The van der Waals surface area contributed by atoms with Crippen LogP contribution in [0.15, 0.2) is 11.1 Å². The number of hydrogen-bond acceptors (Lipinski definition) is 4. The molecule has 0 aromatic carbocycles. The van der Waals surface area contributed by atoms with Gasteiger partial charge in [0.15, 0.2) is 0 Å². The molecule has 0 bridgehead atoms. The Hall–Kier alpha value is -0.320. The quantitative estimate of drug-likeness (QED) is 0.631. The summed E-state index contributed by atoms with van der Waals surface area (Å²) in [5.74, 6) is 0.800. The van der Waals surface area contributed by atoms with E-state index in [2.05, 4.69) is 23.8 Å². The van der Waals surface area contributed by atoms with Crippen molar-refractivity contribution in [3.05, 3.63) is 17.0 Å². The van der Waals surface area contributed by atoms with Crippen molar-refractivity contribution in [1.82, 2.24) is 9.97 Å². The smallest absolute Gasteiger partial charge is 0.133 e. The van der Waals surface area contributed by atoms with Gasteiger partial charge in [-0.1, -0.05) is 25.4 Å². The van der Waals surface area contributed by atoms with Gasteiger partial charge >= 0.3 is 0 Å². The summed E-state index contributed by atoms with van der Waals surface area (Å²) in [6.45, 7) is 4.36. The van der Waals surface area contributed by atoms with Crippen molar-refractivity contribution in [2.45, 2.75) is 43.4 Å². The highest BCUT2D eigenvalue weighted by Gasteiger charge is 2.08. The Labute approximate surface area is 106 Å². The van der Waals surface area contributed by atoms with E-state index in [0.717, 1.165) is 30.1 Å². The molecule has 0 aliphatic heterocycles. The van der Waals surface area contributed by atoms with Gasteiger partial charge in [-0.15, -0.1) is 11.8 Å². The van der Waals surface area contributed by atoms with Gasteiger partial charge in [0.25, 0.3) is 0 Å². The second-order valence-electron chi connectivity index (χ2n) is 3.64. The third kappa shape index (κ3) is 4.68. The summed E-state index contributed by atoms with van der Waals surface area (Å²) in [5, 5.41) is 10.6. The molecule has 1 N–H and O–H groups in total. The third-order valence-corrected chi connectivity index (χ3v) is 3.33. The molecule has 0 aliphatic carbocycles. The molecule has 5 heteroatoms. The molecule has 1 atom stereocenters. The predicted molar refractivity (Wildman–Crippen MR) is 68.1 cm³/mol. The zero-order valence-corrected chi connectivity index (χ0v) is 11.2. The minimum atomic E-state index is 0.203. The highest BCUT2D eigenvalue weighted by atomic mass is 35.5. The van der Waals surface area contributed by atoms with Crippen molar-refractivity contribution in [1.29, 1.82) is 0 Å². The Morgan fingerprint density at radius 2 is 2.25 bits per heavy atom. The molecule has 0 radical (unpaired) electrons. The van der Waals surface area contributed by atoms with E-state index in [-0.39, 0.29) is 6.61 Å². The Morgan fingerprint density at radius 1 is 1.50 bits per heavy atom. The molecule has 1 heterocycles. The summed E-state index contributed by atoms with van der Waals surface area (Å²) in [7, 11) is 0. The van der Waals surface area contributed by atoms with Crippen LogP contribution < -0.4 is 0 Å². The molecule has 3 nitrogen and oxygen atoms in total. The fraction of sp³-hybridized carbons (Fsp3) is 0.636. The normalized spacial score (nSPS) is 12.8. The van der Waals surface area contributed by atoms with E-state index < -0.39 is 0 Å². The highest BCUT2D eigenvalue weighted by Crippen LogP contribution is 2.25. The van der Waals surface area contributed by atoms with E-state index in [1.807, 2.05) is 0 Å². The first-order chi connectivity index (χ1) is 7.65. The first-order valence-corrected chi connectivity index (χ1v) is 6.72. The molecule has 0 amide bonds. The van der Waals surface area contributed by atoms with Gasteiger partial charge in [0.05, 0.1) is 0 Å². The van der Waals surface area contributed by atoms with Gasteiger partial charge in [0, 0.05) is 24.3 Å². The van der Waals surface area contributed by atoms with Crippen LogP contribution in [0.5, 0.6) is 0 Å². The summed E-state index contributed by atoms with van der Waals surface area (Å²) < 4.78 is 0. The molecule has 1 rings (SSSR count). The number of aliphatic hydroxyl groups is 1. The van der Waals surface area contributed by atoms with Gasteiger partial charge < -0.3 is 5.11 Å². The summed E-state index contributed by atoms with van der Waals surface area (Å²) in [6, 6.07) is 1.78. The van der Waals surface area contributed by atoms with Crippen molar-refractivity contribution in [2.75, 3.05) is 6.61 Å². The van der Waals surface area contributed by atoms with Crippen LogP contribution in [0, 0.1) is 0 Å². The van der Waals surface area contributed by atoms with Crippen LogP contribution in [-0.2, 0) is 6.42 Å². The fourth-order valence-electron chi connectivity index (χ4n) is 1.28. The standard InChI is InChI=1S/C11H17ClN2OS/c1-3-4-10-13-9(12)7-11(14-10)16-8(2)5-6-15/h7-8,15H,3-6H2,1-2H3. The second-order valence-corrected chi connectivity index (χ2v) is 5.48. The number of rotatable bonds is 6. The number of thioether (sulfide) groups is 1. The van der Waals surface area contributed by atoms with Gasteiger partial charge in [-0.25, -0.2) is 9.97 Å². The Balaban J connectivity index is 2.71. The Kier molecular flexibility index (Phi) is 6.09. The first-order valence-electron chi connectivity index (χ1n) is 5.46. The van der Waals surface area contributed by atoms with E-state index in [9.17, 15) is 0 Å². The maximum atomic E-state index is 8.84. The van der Waals surface area contributed by atoms with Crippen LogP contribution >= 0.6 is 23.4 Å². The average Bonchev–Trinajstić information content (AvgIpc) is 2.17. The molecular formula is C11H17ClN2OS. The van der Waals surface area contributed by atoms with Crippen LogP contribution in [0.3, 0.4) is 0 Å². The van der Waals surface area contributed by atoms with Crippen LogP contribution in [-0.4, -0.2) is 26.9 Å². The van der Waals surface area contributed by atoms with Crippen molar-refractivity contribution >= 4 is 23.4 Å². The molecule has 1 aromatic heterocycles. The van der Waals surface area contributed by atoms with Crippen molar-refractivity contribution < 1.29 is 5.11 Å². The van der Waals surface area contributed by atoms with Gasteiger partial charge in [0.1, 0.15) is 16.0 Å². The second kappa shape index (κ2) is 7.09. The zero-order valence-electron chi connectivity index (χ0n) is 9.61. The molecule has 1 unspecified atom stereocenters. The third-order valence-electron chi connectivity index (χ3n) is 2.05. The molecule has 0 fully saturated rings. The SMILES string of the molecule is CCCc1nc(Cl)cc(SC(C)CCO)n1. The van der Waals surface area contributed by atoms with Crippen molar-refractivity contribution in [3.8, 4) is 0 Å². The van der Waals surface area contributed by atoms with Gasteiger partial charge in [-0.05, 0) is 12.8 Å². The number of aromatic nitrogens is 2. The molecule has 0 spiro atoms. The average molecular weight is 261 g/mol. The summed E-state index contributed by atoms with van der Waals surface area (Å²) >= 11 is 7.56. The van der Waals surface area contributed by atoms with Crippen LogP contribution in [0.4, 0.5) is 0 Å². The number of halogens is 1. The highest BCUT2D eigenvalue weighted by molar-refractivity contribution is 7.99. The Bertz CT molecular complexity index is 336. The van der Waals surface area contributed by atoms with Crippen LogP contribution in [0.2, 0.25) is 5.15 Å². The Morgan fingerprint density at radius 3 is 2.88 bits per heavy atom. The minimum Gasteiger partial charge on any atom is -0.396 e. The van der Waals surface area contributed by atoms with Crippen LogP contribution in [0.25, 0.3) is 0 Å². The van der Waals surface area contributed by atoms with Crippen molar-refractivity contribution in [2.24, 2.45) is 0 Å². The topological polar surface area (TPSA) is 46.0 Å². The van der Waals surface area contributed by atoms with E-state index in [0.29, 0.717) is 10.4 Å². The number of aryl methyl sites for hydroxylation is 1. The summed E-state index contributed by atoms with van der Waals surface area (Å²) in [4.78, 5) is 8.60. The fourth-order valence-corrected chi connectivity index (χ4v) is 2.52. The largest absolute Gasteiger partial charge is 0.396 e. The molecular weight excluding hydrogens is 244 g/mol. The minimum absolute atomic E-state index is 0.203.